The Hall–Kier alpha value is 0.499. The summed E-state index contributed by atoms with van der Waals surface area (Å²) in [7, 11) is 0. The normalized spacial score (nSPS) is 17.6. The van der Waals surface area contributed by atoms with Gasteiger partial charge in [0.1, 0.15) is 0 Å². The molecule has 0 aromatic rings. The molecule has 0 spiro atoms. The van der Waals surface area contributed by atoms with Crippen LogP contribution in [0.4, 0.5) is 0 Å². The second-order valence-electron chi connectivity index (χ2n) is 8.58. The van der Waals surface area contributed by atoms with Crippen molar-refractivity contribution in [1.82, 2.24) is 0 Å². The first-order valence-electron chi connectivity index (χ1n) is 11.4. The molecule has 0 amide bonds. The van der Waals surface area contributed by atoms with Crippen LogP contribution in [0.2, 0.25) is 13.3 Å². The Balaban J connectivity index is 2.73. The Morgan fingerprint density at radius 2 is 1.44 bits per heavy atom. The third-order valence-corrected chi connectivity index (χ3v) is 20.7. The predicted octanol–water partition coefficient (Wildman–Crippen LogP) is 7.92. The molecule has 0 heterocycles. The summed E-state index contributed by atoms with van der Waals surface area (Å²) in [5.74, 6) is 0.805. The second kappa shape index (κ2) is 14.5. The van der Waals surface area contributed by atoms with E-state index in [-0.39, 0.29) is 0 Å². The Morgan fingerprint density at radius 1 is 0.920 bits per heavy atom. The molecular weight excluding hydrogens is 411 g/mol. The van der Waals surface area contributed by atoms with Crippen molar-refractivity contribution in [2.45, 2.75) is 117 Å². The van der Waals surface area contributed by atoms with Crippen molar-refractivity contribution in [1.29, 1.82) is 0 Å². The van der Waals surface area contributed by atoms with Crippen LogP contribution in [0.25, 0.3) is 0 Å². The second-order valence-corrected chi connectivity index (χ2v) is 22.2. The van der Waals surface area contributed by atoms with Gasteiger partial charge in [-0.1, -0.05) is 0 Å². The standard InChI is InChI=1S/C11H19O.3C4H9.Sn/c1-3-7-11(12-2)10-8-5-4-6-9-10;3*1-3-4-2;/h3,10-11H,1-2,4-9H2;3*1,3-4H2,2H3;. The van der Waals surface area contributed by atoms with Gasteiger partial charge in [-0.3, -0.25) is 0 Å². The summed E-state index contributed by atoms with van der Waals surface area (Å²) in [5, 5.41) is 0. The van der Waals surface area contributed by atoms with E-state index in [9.17, 15) is 0 Å². The summed E-state index contributed by atoms with van der Waals surface area (Å²) >= 11 is -2.14. The fourth-order valence-electron chi connectivity index (χ4n) is 4.60. The maximum absolute atomic E-state index is 6.80. The van der Waals surface area contributed by atoms with Gasteiger partial charge in [0.05, 0.1) is 0 Å². The van der Waals surface area contributed by atoms with Gasteiger partial charge in [-0.25, -0.2) is 0 Å². The Labute approximate surface area is 163 Å². The van der Waals surface area contributed by atoms with Crippen molar-refractivity contribution in [2.24, 2.45) is 5.92 Å². The molecular formula is C23H46OSn. The first-order valence-corrected chi connectivity index (χ1v) is 19.5. The molecule has 0 N–H and O–H groups in total. The van der Waals surface area contributed by atoms with E-state index >= 15 is 0 Å². The number of hydrogen-bond acceptors (Lipinski definition) is 1. The summed E-state index contributed by atoms with van der Waals surface area (Å²) < 4.78 is 12.7. The summed E-state index contributed by atoms with van der Waals surface area (Å²) in [6, 6.07) is 0. The summed E-state index contributed by atoms with van der Waals surface area (Å²) in [6.45, 7) is 11.1. The van der Waals surface area contributed by atoms with Crippen LogP contribution in [0.5, 0.6) is 0 Å². The molecule has 1 aliphatic rings. The number of unbranched alkanes of at least 4 members (excludes halogenated alkanes) is 3. The molecule has 1 atom stereocenters. The van der Waals surface area contributed by atoms with Gasteiger partial charge in [0.15, 0.2) is 0 Å². The van der Waals surface area contributed by atoms with Crippen molar-refractivity contribution in [2.75, 3.05) is 4.62 Å². The van der Waals surface area contributed by atoms with E-state index in [1.54, 1.807) is 13.3 Å². The van der Waals surface area contributed by atoms with Crippen LogP contribution in [-0.4, -0.2) is 29.1 Å². The van der Waals surface area contributed by atoms with E-state index in [0.717, 1.165) is 12.3 Å². The SMILES string of the molecule is C=CCC(O[CH2][Sn]([CH2]CCC)([CH2]CCC)[CH2]CCC)C1CCCCC1. The summed E-state index contributed by atoms with van der Waals surface area (Å²) in [6.07, 6.45) is 19.1. The molecule has 1 nitrogen and oxygen atoms in total. The van der Waals surface area contributed by atoms with E-state index < -0.39 is 18.4 Å². The zero-order valence-corrected chi connectivity index (χ0v) is 20.5. The fourth-order valence-corrected chi connectivity index (χ4v) is 19.0. The van der Waals surface area contributed by atoms with E-state index in [1.165, 1.54) is 75.3 Å². The molecule has 2 heteroatoms. The zero-order chi connectivity index (χ0) is 18.4. The average molecular weight is 457 g/mol. The molecule has 0 aromatic carbocycles. The topological polar surface area (TPSA) is 9.23 Å². The van der Waals surface area contributed by atoms with E-state index in [4.69, 9.17) is 4.74 Å². The number of ether oxygens (including phenoxy) is 1. The predicted molar refractivity (Wildman–Crippen MR) is 116 cm³/mol. The Kier molecular flexibility index (Phi) is 13.7. The first kappa shape index (κ1) is 23.5. The number of rotatable bonds is 15. The molecule has 25 heavy (non-hydrogen) atoms. The third-order valence-electron chi connectivity index (χ3n) is 6.36. The Morgan fingerprint density at radius 3 is 1.88 bits per heavy atom. The summed E-state index contributed by atoms with van der Waals surface area (Å²) in [4.78, 5) is 0. The van der Waals surface area contributed by atoms with Gasteiger partial charge in [0, 0.05) is 0 Å². The summed E-state index contributed by atoms with van der Waals surface area (Å²) in [5.41, 5.74) is 0. The minimum absolute atomic E-state index is 0.471. The molecule has 1 aliphatic carbocycles. The van der Waals surface area contributed by atoms with Crippen molar-refractivity contribution in [3.63, 3.8) is 0 Å². The van der Waals surface area contributed by atoms with Crippen molar-refractivity contribution in [3.05, 3.63) is 12.7 Å². The maximum atomic E-state index is 6.80. The molecule has 1 unspecified atom stereocenters. The average Bonchev–Trinajstić information content (AvgIpc) is 2.66. The van der Waals surface area contributed by atoms with Crippen LogP contribution in [-0.2, 0) is 4.74 Å². The van der Waals surface area contributed by atoms with Crippen LogP contribution in [0, 0.1) is 5.92 Å². The minimum atomic E-state index is -2.14. The van der Waals surface area contributed by atoms with E-state index in [1.807, 2.05) is 0 Å². The fraction of sp³-hybridized carbons (Fsp3) is 0.913. The van der Waals surface area contributed by atoms with Gasteiger partial charge in [0.25, 0.3) is 0 Å². The molecule has 0 aromatic heterocycles. The molecule has 1 fully saturated rings. The van der Waals surface area contributed by atoms with Crippen LogP contribution in [0.3, 0.4) is 0 Å². The zero-order valence-electron chi connectivity index (χ0n) is 17.7. The Bertz CT molecular complexity index is 300. The van der Waals surface area contributed by atoms with Crippen LogP contribution < -0.4 is 0 Å². The van der Waals surface area contributed by atoms with Gasteiger partial charge in [-0.2, -0.15) is 0 Å². The van der Waals surface area contributed by atoms with Crippen molar-refractivity contribution in [3.8, 4) is 0 Å². The number of hydrogen-bond donors (Lipinski definition) is 0. The van der Waals surface area contributed by atoms with E-state index in [0.29, 0.717) is 6.10 Å². The molecule has 0 aliphatic heterocycles. The van der Waals surface area contributed by atoms with Gasteiger partial charge in [0.2, 0.25) is 0 Å². The molecule has 0 saturated heterocycles. The van der Waals surface area contributed by atoms with Crippen molar-refractivity contribution < 1.29 is 4.74 Å². The van der Waals surface area contributed by atoms with Gasteiger partial charge in [-0.15, -0.1) is 0 Å². The molecule has 0 radical (unpaired) electrons. The quantitative estimate of drug-likeness (QED) is 0.179. The first-order chi connectivity index (χ1) is 12.2. The monoisotopic (exact) mass is 458 g/mol. The third kappa shape index (κ3) is 9.31. The van der Waals surface area contributed by atoms with Crippen LogP contribution >= 0.6 is 0 Å². The van der Waals surface area contributed by atoms with Gasteiger partial charge >= 0.3 is 164 Å². The molecule has 1 rings (SSSR count). The molecule has 1 saturated carbocycles. The van der Waals surface area contributed by atoms with E-state index in [2.05, 4.69) is 33.4 Å². The van der Waals surface area contributed by atoms with Crippen LogP contribution in [0.15, 0.2) is 12.7 Å². The van der Waals surface area contributed by atoms with Crippen LogP contribution in [0.1, 0.15) is 97.8 Å². The molecule has 0 bridgehead atoms. The van der Waals surface area contributed by atoms with Crippen molar-refractivity contribution >= 4 is 18.4 Å². The van der Waals surface area contributed by atoms with Gasteiger partial charge < -0.3 is 0 Å². The molecule has 148 valence electrons. The van der Waals surface area contributed by atoms with Gasteiger partial charge in [-0.05, 0) is 0 Å².